The molecular weight excluding hydrogens is 276 g/mol. The number of hydrogen-bond donors (Lipinski definition) is 1. The Kier molecular flexibility index (Phi) is 3.56. The van der Waals surface area contributed by atoms with Crippen LogP contribution >= 0.6 is 11.6 Å². The van der Waals surface area contributed by atoms with Crippen LogP contribution in [0.5, 0.6) is 5.75 Å². The van der Waals surface area contributed by atoms with Crippen molar-refractivity contribution >= 4 is 17.5 Å². The number of carbonyl (C=O) groups is 1. The maximum absolute atomic E-state index is 12.1. The van der Waals surface area contributed by atoms with Crippen LogP contribution < -0.4 is 10.1 Å². The topological polar surface area (TPSA) is 51.2 Å². The lowest BCUT2D eigenvalue weighted by molar-refractivity contribution is -0.127. The zero-order valence-electron chi connectivity index (χ0n) is 10.7. The highest BCUT2D eigenvalue weighted by Gasteiger charge is 2.28. The Labute approximate surface area is 121 Å². The molecule has 0 spiro atoms. The highest BCUT2D eigenvalue weighted by Crippen LogP contribution is 2.31. The Balaban J connectivity index is 1.60. The fourth-order valence-corrected chi connectivity index (χ4v) is 2.35. The van der Waals surface area contributed by atoms with Crippen LogP contribution in [0.1, 0.15) is 11.3 Å². The number of rotatable bonds is 3. The molecule has 3 rings (SSSR count). The Morgan fingerprint density at radius 3 is 3.10 bits per heavy atom. The van der Waals surface area contributed by atoms with Crippen molar-refractivity contribution < 1.29 is 9.53 Å². The first-order valence-electron chi connectivity index (χ1n) is 6.35. The van der Waals surface area contributed by atoms with Crippen molar-refractivity contribution in [2.75, 3.05) is 0 Å². The molecule has 2 aromatic rings. The van der Waals surface area contributed by atoms with Gasteiger partial charge in [0.15, 0.2) is 6.10 Å². The standard InChI is InChI=1S/C15H13ClN2O2/c16-11-4-5-13-10(7-11)8-14(20-13)15(19)18-9-12-3-1-2-6-17-12/h1-7,14H,8-9H2,(H,18,19)/t14-/m0/s1. The molecule has 1 aliphatic rings. The predicted octanol–water partition coefficient (Wildman–Crippen LogP) is 2.35. The van der Waals surface area contributed by atoms with Crippen LogP contribution in [0.25, 0.3) is 0 Å². The first-order valence-corrected chi connectivity index (χ1v) is 6.73. The fourth-order valence-electron chi connectivity index (χ4n) is 2.16. The molecule has 4 nitrogen and oxygen atoms in total. The summed E-state index contributed by atoms with van der Waals surface area (Å²) in [7, 11) is 0. The zero-order chi connectivity index (χ0) is 13.9. The number of nitrogens with one attached hydrogen (secondary N) is 1. The number of hydrogen-bond acceptors (Lipinski definition) is 3. The summed E-state index contributed by atoms with van der Waals surface area (Å²) in [5.74, 6) is 0.593. The summed E-state index contributed by atoms with van der Waals surface area (Å²) in [6.07, 6.45) is 1.75. The molecule has 5 heteroatoms. The largest absolute Gasteiger partial charge is 0.480 e. The van der Waals surface area contributed by atoms with Crippen LogP contribution in [-0.2, 0) is 17.8 Å². The molecule has 1 amide bonds. The first-order chi connectivity index (χ1) is 9.72. The predicted molar refractivity (Wildman–Crippen MR) is 75.7 cm³/mol. The summed E-state index contributed by atoms with van der Waals surface area (Å²) < 4.78 is 5.62. The number of benzene rings is 1. The third-order valence-corrected chi connectivity index (χ3v) is 3.39. The van der Waals surface area contributed by atoms with Crippen molar-refractivity contribution in [3.05, 3.63) is 58.9 Å². The van der Waals surface area contributed by atoms with Gasteiger partial charge in [0, 0.05) is 17.6 Å². The van der Waals surface area contributed by atoms with E-state index in [9.17, 15) is 4.79 Å². The molecule has 1 aromatic heterocycles. The van der Waals surface area contributed by atoms with Crippen LogP contribution in [-0.4, -0.2) is 17.0 Å². The quantitative estimate of drug-likeness (QED) is 0.943. The van der Waals surface area contributed by atoms with Crippen LogP contribution in [0.2, 0.25) is 5.02 Å². The number of halogens is 1. The van der Waals surface area contributed by atoms with Crippen molar-refractivity contribution in [3.8, 4) is 5.75 Å². The van der Waals surface area contributed by atoms with Crippen LogP contribution in [0.4, 0.5) is 0 Å². The first kappa shape index (κ1) is 12.9. The molecule has 0 radical (unpaired) electrons. The molecule has 2 heterocycles. The summed E-state index contributed by atoms with van der Waals surface area (Å²) >= 11 is 5.93. The Morgan fingerprint density at radius 2 is 2.30 bits per heavy atom. The van der Waals surface area contributed by atoms with E-state index in [1.54, 1.807) is 18.3 Å². The van der Waals surface area contributed by atoms with E-state index in [2.05, 4.69) is 10.3 Å². The van der Waals surface area contributed by atoms with Crippen molar-refractivity contribution in [1.82, 2.24) is 10.3 Å². The number of ether oxygens (including phenoxy) is 1. The number of aromatic nitrogens is 1. The van der Waals surface area contributed by atoms with Gasteiger partial charge in [-0.25, -0.2) is 0 Å². The monoisotopic (exact) mass is 288 g/mol. The lowest BCUT2D eigenvalue weighted by Gasteiger charge is -2.10. The maximum atomic E-state index is 12.1. The van der Waals surface area contributed by atoms with E-state index in [1.165, 1.54) is 0 Å². The average molecular weight is 289 g/mol. The summed E-state index contributed by atoms with van der Waals surface area (Å²) in [4.78, 5) is 16.2. The van der Waals surface area contributed by atoms with Gasteiger partial charge in [0.05, 0.1) is 12.2 Å². The molecule has 0 unspecified atom stereocenters. The second kappa shape index (κ2) is 5.51. The molecule has 0 saturated heterocycles. The minimum atomic E-state index is -0.493. The van der Waals surface area contributed by atoms with Gasteiger partial charge in [-0.1, -0.05) is 17.7 Å². The molecule has 0 bridgehead atoms. The third kappa shape index (κ3) is 2.75. The Hall–Kier alpha value is -2.07. The van der Waals surface area contributed by atoms with Gasteiger partial charge in [0.1, 0.15) is 5.75 Å². The van der Waals surface area contributed by atoms with Gasteiger partial charge in [-0.05, 0) is 35.9 Å². The lowest BCUT2D eigenvalue weighted by Crippen LogP contribution is -2.37. The fraction of sp³-hybridized carbons (Fsp3) is 0.200. The molecule has 20 heavy (non-hydrogen) atoms. The van der Waals surface area contributed by atoms with Gasteiger partial charge in [0.25, 0.3) is 5.91 Å². The van der Waals surface area contributed by atoms with Crippen molar-refractivity contribution in [3.63, 3.8) is 0 Å². The van der Waals surface area contributed by atoms with Crippen LogP contribution in [0.3, 0.4) is 0 Å². The molecule has 1 N–H and O–H groups in total. The number of amides is 1. The summed E-state index contributed by atoms with van der Waals surface area (Å²) in [5.41, 5.74) is 1.79. The average Bonchev–Trinajstić information content (AvgIpc) is 2.89. The van der Waals surface area contributed by atoms with E-state index >= 15 is 0 Å². The van der Waals surface area contributed by atoms with E-state index in [0.717, 1.165) is 17.0 Å². The van der Waals surface area contributed by atoms with E-state index in [-0.39, 0.29) is 5.91 Å². The summed E-state index contributed by atoms with van der Waals surface area (Å²) in [6, 6.07) is 11.0. The van der Waals surface area contributed by atoms with Crippen LogP contribution in [0, 0.1) is 0 Å². The molecule has 0 fully saturated rings. The van der Waals surface area contributed by atoms with E-state index in [4.69, 9.17) is 16.3 Å². The molecule has 1 aliphatic heterocycles. The van der Waals surface area contributed by atoms with Crippen LogP contribution in [0.15, 0.2) is 42.6 Å². The highest BCUT2D eigenvalue weighted by atomic mass is 35.5. The van der Waals surface area contributed by atoms with Crippen molar-refractivity contribution in [2.24, 2.45) is 0 Å². The summed E-state index contributed by atoms with van der Waals surface area (Å²) in [5, 5.41) is 3.49. The summed E-state index contributed by atoms with van der Waals surface area (Å²) in [6.45, 7) is 0.399. The molecule has 1 aromatic carbocycles. The Bertz CT molecular complexity index is 631. The normalized spacial score (nSPS) is 16.4. The van der Waals surface area contributed by atoms with E-state index in [0.29, 0.717) is 18.0 Å². The second-order valence-electron chi connectivity index (χ2n) is 4.60. The van der Waals surface area contributed by atoms with Crippen molar-refractivity contribution in [1.29, 1.82) is 0 Å². The molecule has 1 atom stereocenters. The number of carbonyl (C=O) groups excluding carboxylic acids is 1. The maximum Gasteiger partial charge on any atom is 0.261 e. The van der Waals surface area contributed by atoms with Gasteiger partial charge < -0.3 is 10.1 Å². The minimum Gasteiger partial charge on any atom is -0.480 e. The van der Waals surface area contributed by atoms with E-state index in [1.807, 2.05) is 24.3 Å². The molecule has 102 valence electrons. The number of nitrogens with zero attached hydrogens (tertiary/aromatic N) is 1. The zero-order valence-corrected chi connectivity index (χ0v) is 11.4. The third-order valence-electron chi connectivity index (χ3n) is 3.16. The van der Waals surface area contributed by atoms with E-state index < -0.39 is 6.10 Å². The smallest absolute Gasteiger partial charge is 0.261 e. The Morgan fingerprint density at radius 1 is 1.40 bits per heavy atom. The van der Waals surface area contributed by atoms with Gasteiger partial charge in [-0.2, -0.15) is 0 Å². The van der Waals surface area contributed by atoms with Crippen molar-refractivity contribution in [2.45, 2.75) is 19.1 Å². The molecule has 0 aliphatic carbocycles. The molecule has 0 saturated carbocycles. The minimum absolute atomic E-state index is 0.136. The van der Waals surface area contributed by atoms with Gasteiger partial charge in [0.2, 0.25) is 0 Å². The highest BCUT2D eigenvalue weighted by molar-refractivity contribution is 6.30. The SMILES string of the molecule is O=C(NCc1ccccn1)[C@@H]1Cc2cc(Cl)ccc2O1. The van der Waals surface area contributed by atoms with Gasteiger partial charge in [-0.15, -0.1) is 0 Å². The molecular formula is C15H13ClN2O2. The van der Waals surface area contributed by atoms with Gasteiger partial charge in [-0.3, -0.25) is 9.78 Å². The number of fused-ring (bicyclic) bond motifs is 1. The number of pyridine rings is 1. The lowest BCUT2D eigenvalue weighted by atomic mass is 10.1. The second-order valence-corrected chi connectivity index (χ2v) is 5.04. The van der Waals surface area contributed by atoms with Gasteiger partial charge >= 0.3 is 0 Å².